The molecule has 0 saturated heterocycles. The molecule has 0 aromatic carbocycles. The van der Waals surface area contributed by atoms with E-state index in [1.54, 1.807) is 22.9 Å². The number of rotatable bonds is 4. The van der Waals surface area contributed by atoms with Gasteiger partial charge in [0, 0.05) is 24.5 Å². The summed E-state index contributed by atoms with van der Waals surface area (Å²) >= 11 is 3.33. The molecule has 0 aliphatic carbocycles. The van der Waals surface area contributed by atoms with Crippen molar-refractivity contribution in [2.45, 2.75) is 6.10 Å². The van der Waals surface area contributed by atoms with Crippen LogP contribution < -0.4 is 5.32 Å². The van der Waals surface area contributed by atoms with Crippen molar-refractivity contribution in [1.29, 1.82) is 0 Å². The van der Waals surface area contributed by atoms with Gasteiger partial charge in [0.15, 0.2) is 11.3 Å². The fourth-order valence-electron chi connectivity index (χ4n) is 1.91. The Morgan fingerprint density at radius 1 is 1.52 bits per heavy atom. The number of fused-ring (bicyclic) bond motifs is 1. The monoisotopic (exact) mass is 350 g/mol. The fourth-order valence-corrected chi connectivity index (χ4v) is 2.29. The molecular formula is C13H11BrN4O3. The predicted octanol–water partition coefficient (Wildman–Crippen LogP) is 1.55. The summed E-state index contributed by atoms with van der Waals surface area (Å²) in [6.07, 6.45) is 6.86. The van der Waals surface area contributed by atoms with Crippen LogP contribution >= 0.6 is 15.9 Å². The topological polar surface area (TPSA) is 92.7 Å². The van der Waals surface area contributed by atoms with Crippen LogP contribution in [0.2, 0.25) is 0 Å². The van der Waals surface area contributed by atoms with Crippen molar-refractivity contribution >= 4 is 27.5 Å². The normalized spacial score (nSPS) is 12.5. The van der Waals surface area contributed by atoms with E-state index in [0.29, 0.717) is 11.2 Å². The van der Waals surface area contributed by atoms with Gasteiger partial charge in [-0.2, -0.15) is 0 Å². The van der Waals surface area contributed by atoms with Gasteiger partial charge in [0.2, 0.25) is 0 Å². The number of imidazole rings is 1. The van der Waals surface area contributed by atoms with E-state index >= 15 is 0 Å². The number of hydrogen-bond donors (Lipinski definition) is 2. The molecule has 0 aliphatic rings. The van der Waals surface area contributed by atoms with Crippen LogP contribution in [0.25, 0.3) is 5.65 Å². The minimum Gasteiger partial charge on any atom is -0.472 e. The third-order valence-corrected chi connectivity index (χ3v) is 3.57. The molecule has 8 heteroatoms. The molecule has 3 aromatic rings. The molecule has 2 N–H and O–H groups in total. The van der Waals surface area contributed by atoms with Gasteiger partial charge in [-0.15, -0.1) is 0 Å². The van der Waals surface area contributed by atoms with Gasteiger partial charge in [0.1, 0.15) is 4.60 Å². The highest BCUT2D eigenvalue weighted by molar-refractivity contribution is 9.10. The molecule has 108 valence electrons. The second kappa shape index (κ2) is 5.66. The first kappa shape index (κ1) is 13.8. The Labute approximate surface area is 127 Å². The van der Waals surface area contributed by atoms with Crippen molar-refractivity contribution in [3.63, 3.8) is 0 Å². The third-order valence-electron chi connectivity index (χ3n) is 2.98. The van der Waals surface area contributed by atoms with Crippen molar-refractivity contribution in [3.05, 3.63) is 53.0 Å². The fraction of sp³-hybridized carbons (Fsp3) is 0.154. The molecule has 21 heavy (non-hydrogen) atoms. The summed E-state index contributed by atoms with van der Waals surface area (Å²) in [5.74, 6) is -0.402. The average Bonchev–Trinajstić information content (AvgIpc) is 3.14. The molecular weight excluding hydrogens is 340 g/mol. The summed E-state index contributed by atoms with van der Waals surface area (Å²) in [7, 11) is 0. The van der Waals surface area contributed by atoms with Gasteiger partial charge in [-0.25, -0.2) is 9.97 Å². The molecule has 3 rings (SSSR count). The van der Waals surface area contributed by atoms with Crippen LogP contribution in [0.1, 0.15) is 22.2 Å². The Kier molecular flexibility index (Phi) is 3.72. The molecule has 1 amide bonds. The van der Waals surface area contributed by atoms with Crippen LogP contribution in [-0.4, -0.2) is 31.9 Å². The van der Waals surface area contributed by atoms with Crippen LogP contribution in [0.3, 0.4) is 0 Å². The Morgan fingerprint density at radius 2 is 2.38 bits per heavy atom. The Morgan fingerprint density at radius 3 is 3.14 bits per heavy atom. The molecule has 1 unspecified atom stereocenters. The zero-order chi connectivity index (χ0) is 14.8. The molecule has 0 fully saturated rings. The van der Waals surface area contributed by atoms with Crippen LogP contribution in [0.5, 0.6) is 0 Å². The van der Waals surface area contributed by atoms with Gasteiger partial charge in [-0.3, -0.25) is 9.20 Å². The molecule has 3 aromatic heterocycles. The maximum atomic E-state index is 12.2. The van der Waals surface area contributed by atoms with Crippen LogP contribution in [0.4, 0.5) is 0 Å². The zero-order valence-corrected chi connectivity index (χ0v) is 12.3. The first-order chi connectivity index (χ1) is 10.2. The number of aliphatic hydroxyl groups excluding tert-OH is 1. The maximum Gasteiger partial charge on any atom is 0.273 e. The Hall–Kier alpha value is -2.19. The molecule has 0 bridgehead atoms. The van der Waals surface area contributed by atoms with E-state index in [2.05, 4.69) is 31.2 Å². The number of nitrogens with one attached hydrogen (secondary N) is 1. The van der Waals surface area contributed by atoms with Crippen molar-refractivity contribution < 1.29 is 14.3 Å². The molecule has 0 spiro atoms. The quantitative estimate of drug-likeness (QED) is 0.744. The summed E-state index contributed by atoms with van der Waals surface area (Å²) in [5.41, 5.74) is 1.24. The van der Waals surface area contributed by atoms with E-state index in [0.717, 1.165) is 4.60 Å². The van der Waals surface area contributed by atoms with Crippen LogP contribution in [0, 0.1) is 0 Å². The lowest BCUT2D eigenvalue weighted by Crippen LogP contribution is -2.29. The van der Waals surface area contributed by atoms with E-state index in [-0.39, 0.29) is 12.2 Å². The Balaban J connectivity index is 1.75. The number of carbonyl (C=O) groups excluding carboxylic acids is 1. The SMILES string of the molecule is O=C(NCC(O)c1ccoc1)c1nccn2c(Br)cnc12. The third kappa shape index (κ3) is 2.67. The highest BCUT2D eigenvalue weighted by Gasteiger charge is 2.16. The van der Waals surface area contributed by atoms with Gasteiger partial charge in [0.05, 0.1) is 24.8 Å². The number of aliphatic hydroxyl groups is 1. The number of furan rings is 1. The highest BCUT2D eigenvalue weighted by atomic mass is 79.9. The molecule has 0 aliphatic heterocycles. The molecule has 0 radical (unpaired) electrons. The van der Waals surface area contributed by atoms with E-state index < -0.39 is 12.0 Å². The van der Waals surface area contributed by atoms with E-state index in [4.69, 9.17) is 4.42 Å². The van der Waals surface area contributed by atoms with Gasteiger partial charge >= 0.3 is 0 Å². The number of halogens is 1. The van der Waals surface area contributed by atoms with Gasteiger partial charge < -0.3 is 14.8 Å². The average molecular weight is 351 g/mol. The van der Waals surface area contributed by atoms with E-state index in [1.807, 2.05) is 0 Å². The molecule has 3 heterocycles. The second-order valence-electron chi connectivity index (χ2n) is 4.33. The van der Waals surface area contributed by atoms with Crippen LogP contribution in [-0.2, 0) is 0 Å². The number of carbonyl (C=O) groups is 1. The zero-order valence-electron chi connectivity index (χ0n) is 10.7. The molecule has 7 nitrogen and oxygen atoms in total. The minimum absolute atomic E-state index is 0.0585. The lowest BCUT2D eigenvalue weighted by atomic mass is 10.2. The van der Waals surface area contributed by atoms with Gasteiger partial charge in [-0.1, -0.05) is 0 Å². The summed E-state index contributed by atoms with van der Waals surface area (Å²) in [4.78, 5) is 20.3. The Bertz CT molecular complexity index is 769. The number of aromatic nitrogens is 3. The maximum absolute atomic E-state index is 12.2. The van der Waals surface area contributed by atoms with Gasteiger partial charge in [-0.05, 0) is 22.0 Å². The summed E-state index contributed by atoms with van der Waals surface area (Å²) in [6.45, 7) is 0.0585. The van der Waals surface area contributed by atoms with Gasteiger partial charge in [0.25, 0.3) is 5.91 Å². The number of hydrogen-bond acceptors (Lipinski definition) is 5. The molecule has 0 saturated carbocycles. The number of amides is 1. The van der Waals surface area contributed by atoms with Crippen molar-refractivity contribution in [3.8, 4) is 0 Å². The first-order valence-corrected chi connectivity index (χ1v) is 6.92. The number of nitrogens with zero attached hydrogens (tertiary/aromatic N) is 3. The second-order valence-corrected chi connectivity index (χ2v) is 5.15. The molecule has 1 atom stereocenters. The van der Waals surface area contributed by atoms with Crippen molar-refractivity contribution in [2.75, 3.05) is 6.54 Å². The highest BCUT2D eigenvalue weighted by Crippen LogP contribution is 2.15. The smallest absolute Gasteiger partial charge is 0.273 e. The predicted molar refractivity (Wildman–Crippen MR) is 76.7 cm³/mol. The van der Waals surface area contributed by atoms with Crippen LogP contribution in [0.15, 0.2) is 46.2 Å². The van der Waals surface area contributed by atoms with Crippen molar-refractivity contribution in [1.82, 2.24) is 19.7 Å². The lowest BCUT2D eigenvalue weighted by molar-refractivity contribution is 0.0912. The first-order valence-electron chi connectivity index (χ1n) is 6.12. The largest absolute Gasteiger partial charge is 0.472 e. The standard InChI is InChI=1S/C13H11BrN4O3/c14-10-6-16-12-11(15-2-3-18(10)12)13(20)17-5-9(19)8-1-4-21-7-8/h1-4,6-7,9,19H,5H2,(H,17,20). The minimum atomic E-state index is -0.834. The summed E-state index contributed by atoms with van der Waals surface area (Å²) < 4.78 is 7.32. The van der Waals surface area contributed by atoms with E-state index in [9.17, 15) is 9.90 Å². The van der Waals surface area contributed by atoms with Crippen molar-refractivity contribution in [2.24, 2.45) is 0 Å². The summed E-state index contributed by atoms with van der Waals surface area (Å²) in [5, 5.41) is 12.5. The summed E-state index contributed by atoms with van der Waals surface area (Å²) in [6, 6.07) is 1.64. The lowest BCUT2D eigenvalue weighted by Gasteiger charge is -2.10. The van der Waals surface area contributed by atoms with E-state index in [1.165, 1.54) is 18.7 Å².